The van der Waals surface area contributed by atoms with Gasteiger partial charge in [-0.1, -0.05) is 12.1 Å². The van der Waals surface area contributed by atoms with Gasteiger partial charge in [0.05, 0.1) is 17.2 Å². The summed E-state index contributed by atoms with van der Waals surface area (Å²) in [6.07, 6.45) is 4.14. The van der Waals surface area contributed by atoms with Crippen LogP contribution in [0.3, 0.4) is 0 Å². The molecule has 114 valence electrons. The number of nitriles is 1. The summed E-state index contributed by atoms with van der Waals surface area (Å²) in [5.74, 6) is 0.483. The fourth-order valence-corrected chi connectivity index (χ4v) is 2.68. The van der Waals surface area contributed by atoms with Gasteiger partial charge in [-0.15, -0.1) is 0 Å². The second kappa shape index (κ2) is 5.66. The summed E-state index contributed by atoms with van der Waals surface area (Å²) in [6.45, 7) is 1.71. The second-order valence-corrected chi connectivity index (χ2v) is 5.34. The molecule has 1 fully saturated rings. The Hall–Kier alpha value is -2.98. The molecule has 3 aromatic rings. The van der Waals surface area contributed by atoms with E-state index in [2.05, 4.69) is 26.3 Å². The highest BCUT2D eigenvalue weighted by atomic mass is 16.5. The largest absolute Gasteiger partial charge is 0.459 e. The van der Waals surface area contributed by atoms with E-state index < -0.39 is 0 Å². The predicted molar refractivity (Wildman–Crippen MR) is 83.3 cm³/mol. The number of nitrogens with zero attached hydrogens (tertiary/aromatic N) is 5. The van der Waals surface area contributed by atoms with Crippen LogP contribution in [0.15, 0.2) is 36.8 Å². The number of hydrogen-bond donors (Lipinski definition) is 1. The van der Waals surface area contributed by atoms with Crippen LogP contribution in [0.4, 0.5) is 0 Å². The fourth-order valence-electron chi connectivity index (χ4n) is 2.68. The van der Waals surface area contributed by atoms with Crippen LogP contribution in [-0.4, -0.2) is 38.7 Å². The number of para-hydroxylation sites is 2. The van der Waals surface area contributed by atoms with Gasteiger partial charge in [-0.05, 0) is 25.1 Å². The number of hydrogen-bond acceptors (Lipinski definition) is 6. The number of imidazole rings is 1. The molecule has 3 heterocycles. The summed E-state index contributed by atoms with van der Waals surface area (Å²) in [5.41, 5.74) is 2.11. The Kier molecular flexibility index (Phi) is 3.37. The van der Waals surface area contributed by atoms with Gasteiger partial charge in [0.2, 0.25) is 0 Å². The number of ether oxygens (including phenoxy) is 1. The van der Waals surface area contributed by atoms with Gasteiger partial charge >= 0.3 is 6.01 Å². The van der Waals surface area contributed by atoms with Crippen molar-refractivity contribution < 1.29 is 4.74 Å². The molecule has 0 bridgehead atoms. The van der Waals surface area contributed by atoms with Gasteiger partial charge < -0.3 is 10.1 Å². The van der Waals surface area contributed by atoms with E-state index in [1.165, 1.54) is 6.20 Å². The van der Waals surface area contributed by atoms with Gasteiger partial charge in [0.15, 0.2) is 5.82 Å². The molecule has 1 N–H and O–H groups in total. The summed E-state index contributed by atoms with van der Waals surface area (Å²) < 4.78 is 7.58. The van der Waals surface area contributed by atoms with Gasteiger partial charge in [0, 0.05) is 6.54 Å². The zero-order chi connectivity index (χ0) is 15.6. The Morgan fingerprint density at radius 3 is 3.04 bits per heavy atom. The van der Waals surface area contributed by atoms with Crippen molar-refractivity contribution in [3.8, 4) is 17.9 Å². The average molecular weight is 306 g/mol. The number of benzene rings is 1. The average Bonchev–Trinajstić information content (AvgIpc) is 3.24. The molecule has 7 nitrogen and oxygen atoms in total. The van der Waals surface area contributed by atoms with Crippen molar-refractivity contribution in [2.75, 3.05) is 13.1 Å². The molecule has 23 heavy (non-hydrogen) atoms. The zero-order valence-electron chi connectivity index (χ0n) is 12.3. The minimum absolute atomic E-state index is 0.0651. The smallest absolute Gasteiger partial charge is 0.318 e. The van der Waals surface area contributed by atoms with Crippen molar-refractivity contribution in [3.63, 3.8) is 0 Å². The van der Waals surface area contributed by atoms with Crippen LogP contribution < -0.4 is 10.1 Å². The van der Waals surface area contributed by atoms with Crippen LogP contribution in [0, 0.1) is 11.3 Å². The molecular weight excluding hydrogens is 292 g/mol. The maximum atomic E-state index is 9.35. The van der Waals surface area contributed by atoms with E-state index in [9.17, 15) is 5.26 Å². The Morgan fingerprint density at radius 1 is 1.30 bits per heavy atom. The molecule has 4 rings (SSSR count). The van der Waals surface area contributed by atoms with E-state index in [0.29, 0.717) is 11.4 Å². The first kappa shape index (κ1) is 13.7. The lowest BCUT2D eigenvalue weighted by molar-refractivity contribution is 0.204. The molecule has 1 aliphatic rings. The van der Waals surface area contributed by atoms with Crippen molar-refractivity contribution in [1.29, 1.82) is 5.26 Å². The van der Waals surface area contributed by atoms with Gasteiger partial charge in [-0.25, -0.2) is 9.97 Å². The van der Waals surface area contributed by atoms with Gasteiger partial charge in [-0.3, -0.25) is 4.57 Å². The van der Waals surface area contributed by atoms with Gasteiger partial charge in [0.25, 0.3) is 0 Å². The van der Waals surface area contributed by atoms with Crippen molar-refractivity contribution in [2.24, 2.45) is 0 Å². The van der Waals surface area contributed by atoms with E-state index in [1.807, 2.05) is 24.3 Å². The van der Waals surface area contributed by atoms with Crippen LogP contribution >= 0.6 is 0 Å². The Balaban J connectivity index is 1.78. The zero-order valence-corrected chi connectivity index (χ0v) is 12.3. The first-order chi connectivity index (χ1) is 11.3. The molecule has 0 amide bonds. The standard InChI is InChI=1S/C16H14N6O/c17-7-11-8-19-16(23-12-5-6-18-9-12)21-15(11)22-10-20-13-3-1-2-4-14(13)22/h1-4,8,10,12,18H,5-6,9H2. The number of aromatic nitrogens is 4. The number of rotatable bonds is 3. The van der Waals surface area contributed by atoms with Crippen LogP contribution in [-0.2, 0) is 0 Å². The first-order valence-electron chi connectivity index (χ1n) is 7.42. The van der Waals surface area contributed by atoms with E-state index >= 15 is 0 Å². The highest BCUT2D eigenvalue weighted by molar-refractivity contribution is 5.77. The third-order valence-corrected chi connectivity index (χ3v) is 3.84. The highest BCUT2D eigenvalue weighted by Crippen LogP contribution is 2.21. The summed E-state index contributed by atoms with van der Waals surface area (Å²) in [7, 11) is 0. The van der Waals surface area contributed by atoms with Crippen molar-refractivity contribution in [1.82, 2.24) is 24.8 Å². The molecule has 0 spiro atoms. The Bertz CT molecular complexity index is 891. The second-order valence-electron chi connectivity index (χ2n) is 5.34. The van der Waals surface area contributed by atoms with Crippen LogP contribution in [0.2, 0.25) is 0 Å². The summed E-state index contributed by atoms with van der Waals surface area (Å²) >= 11 is 0. The topological polar surface area (TPSA) is 88.6 Å². The van der Waals surface area contributed by atoms with Crippen LogP contribution in [0.1, 0.15) is 12.0 Å². The third-order valence-electron chi connectivity index (χ3n) is 3.84. The molecule has 1 aliphatic heterocycles. The Labute approximate surface area is 132 Å². The summed E-state index contributed by atoms with van der Waals surface area (Å²) in [5, 5.41) is 12.6. The minimum Gasteiger partial charge on any atom is -0.459 e. The quantitative estimate of drug-likeness (QED) is 0.787. The summed E-state index contributed by atoms with van der Waals surface area (Å²) in [4.78, 5) is 12.9. The van der Waals surface area contributed by atoms with E-state index in [4.69, 9.17) is 4.74 Å². The molecule has 1 saturated heterocycles. The van der Waals surface area contributed by atoms with Gasteiger partial charge in [-0.2, -0.15) is 10.2 Å². The first-order valence-corrected chi connectivity index (χ1v) is 7.42. The number of fused-ring (bicyclic) bond motifs is 1. The molecular formula is C16H14N6O. The SMILES string of the molecule is N#Cc1cnc(OC2CCNC2)nc1-n1cnc2ccccc21. The minimum atomic E-state index is 0.0651. The number of nitrogens with one attached hydrogen (secondary N) is 1. The monoisotopic (exact) mass is 306 g/mol. The molecule has 1 aromatic carbocycles. The van der Waals surface area contributed by atoms with E-state index in [-0.39, 0.29) is 12.1 Å². The molecule has 1 unspecified atom stereocenters. The van der Waals surface area contributed by atoms with Crippen LogP contribution in [0.25, 0.3) is 16.9 Å². The molecule has 0 saturated carbocycles. The maximum absolute atomic E-state index is 9.35. The van der Waals surface area contributed by atoms with Gasteiger partial charge in [0.1, 0.15) is 24.1 Å². The highest BCUT2D eigenvalue weighted by Gasteiger charge is 2.19. The maximum Gasteiger partial charge on any atom is 0.318 e. The van der Waals surface area contributed by atoms with Crippen molar-refractivity contribution >= 4 is 11.0 Å². The Morgan fingerprint density at radius 2 is 2.22 bits per heavy atom. The van der Waals surface area contributed by atoms with E-state index in [0.717, 1.165) is 30.5 Å². The fraction of sp³-hybridized carbons (Fsp3) is 0.250. The predicted octanol–water partition coefficient (Wildman–Crippen LogP) is 1.43. The molecule has 0 radical (unpaired) electrons. The van der Waals surface area contributed by atoms with Crippen molar-refractivity contribution in [2.45, 2.75) is 12.5 Å². The lowest BCUT2D eigenvalue weighted by atomic mass is 10.3. The normalized spacial score (nSPS) is 17.3. The van der Waals surface area contributed by atoms with Crippen LogP contribution in [0.5, 0.6) is 6.01 Å². The van der Waals surface area contributed by atoms with Crippen molar-refractivity contribution in [3.05, 3.63) is 42.4 Å². The summed E-state index contributed by atoms with van der Waals surface area (Å²) in [6, 6.07) is 10.1. The molecule has 2 aromatic heterocycles. The molecule has 7 heteroatoms. The molecule has 1 atom stereocenters. The third kappa shape index (κ3) is 2.49. The lowest BCUT2D eigenvalue weighted by Crippen LogP contribution is -2.21. The molecule has 0 aliphatic carbocycles. The van der Waals surface area contributed by atoms with E-state index in [1.54, 1.807) is 10.9 Å². The lowest BCUT2D eigenvalue weighted by Gasteiger charge is -2.12.